The number of nitrogens with zero attached hydrogens (tertiary/aromatic N) is 6. The zero-order valence-electron chi connectivity index (χ0n) is 42.5. The smallest absolute Gasteiger partial charge is 0.744 e. The fourth-order valence-corrected chi connectivity index (χ4v) is 11.9. The molecule has 35 nitrogen and oxygen atoms in total. The van der Waals surface area contributed by atoms with Gasteiger partial charge >= 0.3 is 177 Å². The molecule has 414 valence electrons. The number of hydrogen-bond acceptors (Lipinski definition) is 37. The molecule has 0 heterocycles. The molecule has 0 amide bonds. The number of azo groups is 3. The Hall–Kier alpha value is 1.11. The maximum atomic E-state index is 12.9. The molecule has 0 bridgehead atoms. The van der Waals surface area contributed by atoms with Crippen molar-refractivity contribution in [2.45, 2.75) is 29.4 Å². The van der Waals surface area contributed by atoms with Crippen LogP contribution in [0, 0.1) is 0 Å². The van der Waals surface area contributed by atoms with E-state index in [1.54, 1.807) is 0 Å². The van der Waals surface area contributed by atoms with Crippen molar-refractivity contribution in [1.82, 2.24) is 0 Å². The molecule has 81 heavy (non-hydrogen) atoms. The van der Waals surface area contributed by atoms with Crippen molar-refractivity contribution < 1.29 is 296 Å². The number of rotatable bonds is 29. The van der Waals surface area contributed by atoms with E-state index in [0.29, 0.717) is 36.4 Å². The average molecular weight is 1370 g/mol. The average Bonchev–Trinajstić information content (AvgIpc) is 3.30. The molecule has 0 saturated carbocycles. The van der Waals surface area contributed by atoms with Gasteiger partial charge in [-0.15, -0.1) is 39.4 Å². The van der Waals surface area contributed by atoms with Crippen molar-refractivity contribution in [3.8, 4) is 0 Å². The predicted molar refractivity (Wildman–Crippen MR) is 239 cm³/mol. The van der Waals surface area contributed by atoms with Crippen LogP contribution in [0.2, 0.25) is 0 Å². The van der Waals surface area contributed by atoms with E-state index in [4.69, 9.17) is 5.73 Å². The van der Waals surface area contributed by atoms with Gasteiger partial charge in [0.05, 0.1) is 77.8 Å². The number of sulfone groups is 3. The van der Waals surface area contributed by atoms with Gasteiger partial charge in [-0.05, 0) is 60.7 Å². The number of anilines is 2. The molecule has 0 unspecified atom stereocenters. The fraction of sp³-hybridized carbons (Fsp3) is 0.226. The predicted octanol–water partition coefficient (Wildman–Crippen LogP) is -17.3. The van der Waals surface area contributed by atoms with Crippen LogP contribution < -0.4 is 199 Å². The van der Waals surface area contributed by atoms with Gasteiger partial charge in [0, 0.05) is 7.05 Å². The molecule has 0 atom stereocenters. The van der Waals surface area contributed by atoms with E-state index in [0.717, 1.165) is 31.3 Å². The quantitative estimate of drug-likeness (QED) is 0.00587. The zero-order valence-corrected chi connectivity index (χ0v) is 61.8. The molecule has 0 aliphatic rings. The summed E-state index contributed by atoms with van der Waals surface area (Å²) in [5.74, 6) is -2.96. The molecule has 0 aliphatic heterocycles. The molecule has 0 fully saturated rings. The molecule has 0 radical (unpaired) electrons. The second-order valence-electron chi connectivity index (χ2n) is 13.4. The Morgan fingerprint density at radius 1 is 0.469 bits per heavy atom. The summed E-state index contributed by atoms with van der Waals surface area (Å²) in [5.41, 5.74) is 0.688. The van der Waals surface area contributed by atoms with Crippen LogP contribution in [0.1, 0.15) is 0 Å². The van der Waals surface area contributed by atoms with Crippen molar-refractivity contribution in [2.75, 3.05) is 55.2 Å². The topological polar surface area (TPSA) is 554 Å². The largest absolute Gasteiger partial charge is 1.00 e. The minimum atomic E-state index is -5.70. The monoisotopic (exact) mass is 1370 g/mol. The van der Waals surface area contributed by atoms with Gasteiger partial charge in [0.2, 0.25) is 10.4 Å². The van der Waals surface area contributed by atoms with Crippen molar-refractivity contribution in [2.24, 2.45) is 30.7 Å². The first-order valence-electron chi connectivity index (χ1n) is 18.7. The summed E-state index contributed by atoms with van der Waals surface area (Å²) in [6.07, 6.45) is 0. The Kier molecular flexibility index (Phi) is 40.4. The van der Waals surface area contributed by atoms with E-state index in [-0.39, 0.29) is 202 Å². The molecular weight excluding hydrogens is 1340 g/mol. The van der Waals surface area contributed by atoms with Crippen LogP contribution in [0.15, 0.2) is 121 Å². The number of nitrogens with two attached hydrogens (primary N) is 1. The summed E-state index contributed by atoms with van der Waals surface area (Å²) in [5, 5.41) is 51.0. The molecule has 4 aromatic rings. The van der Waals surface area contributed by atoms with Gasteiger partial charge in [0.1, 0.15) is 64.5 Å². The van der Waals surface area contributed by atoms with E-state index in [1.807, 2.05) is 0 Å². The summed E-state index contributed by atoms with van der Waals surface area (Å²) < 4.78 is 242. The van der Waals surface area contributed by atoms with Crippen LogP contribution in [-0.4, -0.2) is 121 Å². The van der Waals surface area contributed by atoms with E-state index in [2.05, 4.69) is 67.3 Å². The fourth-order valence-electron chi connectivity index (χ4n) is 5.42. The van der Waals surface area contributed by atoms with Gasteiger partial charge in [0.25, 0.3) is 0 Å². The molecule has 4 aromatic carbocycles. The van der Waals surface area contributed by atoms with Crippen LogP contribution in [-0.2, 0) is 102 Å². The van der Waals surface area contributed by atoms with Gasteiger partial charge in [-0.1, -0.05) is 0 Å². The second-order valence-corrected chi connectivity index (χ2v) is 25.8. The molecule has 4 rings (SSSR count). The normalized spacial score (nSPS) is 12.4. The summed E-state index contributed by atoms with van der Waals surface area (Å²) >= 11 is -0.0836. The van der Waals surface area contributed by atoms with Gasteiger partial charge in [0.15, 0.2) is 54.2 Å². The third-order valence-electron chi connectivity index (χ3n) is 8.67. The minimum Gasteiger partial charge on any atom is -0.744 e. The molecular formula is C31H28N8Na6O27S9. The first kappa shape index (κ1) is 86.3. The third kappa shape index (κ3) is 27.0. The molecule has 3 N–H and O–H groups in total. The number of nitrogen functional groups attached to an aromatic ring is 1. The van der Waals surface area contributed by atoms with Crippen LogP contribution in [0.4, 0.5) is 45.5 Å². The summed E-state index contributed by atoms with van der Waals surface area (Å²) in [7, 11) is -34.7. The summed E-state index contributed by atoms with van der Waals surface area (Å²) in [6, 6.07) is 6.25. The van der Waals surface area contributed by atoms with E-state index in [9.17, 15) is 87.7 Å². The number of nitrogens with one attached hydrogen (secondary N) is 1. The number of hydrogen-bond donors (Lipinski definition) is 2. The van der Waals surface area contributed by atoms with Crippen LogP contribution >= 0.6 is 24.6 Å². The minimum absolute atomic E-state index is 0. The Morgan fingerprint density at radius 2 is 0.790 bits per heavy atom. The Labute approximate surface area is 603 Å². The molecule has 50 heteroatoms. The molecule has 0 saturated heterocycles. The standard InChI is InChI=1S/C31H34N8O27S9.6Na/c1-33-30-25(38-35-22-6-3-19(15-27(22)73(51,52)53)70(44,45)12-9-61-68-66-64-41)17-24(37-34-21-5-2-18(14-26(21)72(48,49)50)69(42,43)11-8-60-67-65-63-40)29(32)31(30)39-36-23-7-4-20(16-28(23)74(54,55)56)71(46,47)13-10-62-75(57,58)59;;;;;;/h2-7,14-17,33,40-41H,8-13,32H2,1H3,(H,48,49,50)(H,51,52,53)(H,54,55,56)(H,57,58,59);;;;;;/q;6*+1/p-6. The Bertz CT molecular complexity index is 3710. The van der Waals surface area contributed by atoms with Gasteiger partial charge in [-0.25, -0.2) is 58.9 Å². The maximum Gasteiger partial charge on any atom is 1.00 e. The van der Waals surface area contributed by atoms with Gasteiger partial charge < -0.3 is 39.8 Å². The Balaban J connectivity index is -0.0000101. The molecule has 0 aliphatic carbocycles. The van der Waals surface area contributed by atoms with Crippen LogP contribution in [0.5, 0.6) is 0 Å². The molecule has 0 spiro atoms. The summed E-state index contributed by atoms with van der Waals surface area (Å²) in [4.78, 5) is -6.39. The number of benzene rings is 4. The van der Waals surface area contributed by atoms with Gasteiger partial charge in [-0.3, -0.25) is 22.6 Å². The van der Waals surface area contributed by atoms with Gasteiger partial charge in [-0.2, -0.15) is 0 Å². The van der Waals surface area contributed by atoms with Crippen LogP contribution in [0.3, 0.4) is 0 Å². The maximum absolute atomic E-state index is 12.9. The Morgan fingerprint density at radius 3 is 1.11 bits per heavy atom. The van der Waals surface area contributed by atoms with Crippen LogP contribution in [0.25, 0.3) is 0 Å². The zero-order chi connectivity index (χ0) is 56.2. The third-order valence-corrected chi connectivity index (χ3v) is 17.5. The SMILES string of the molecule is CNc1c(N=Nc2ccc(S(=O)(=O)CCOSOO[O-])cc2S(=O)(=O)[O-])cc(N=Nc2ccc(S(=O)(=O)CCOSOO[O-])cc2S(=O)(=O)[O-])c(N)c1N=Nc1ccc(S(=O)(=O)CCOS(=O)(=O)[O-])cc1S(=O)(=O)[O-].[Na+].[Na+].[Na+].[Na+].[Na+].[Na+]. The van der Waals surface area contributed by atoms with E-state index >= 15 is 0 Å². The summed E-state index contributed by atoms with van der Waals surface area (Å²) in [6.45, 7) is -2.54. The second kappa shape index (κ2) is 38.0. The van der Waals surface area contributed by atoms with E-state index < -0.39 is 182 Å². The van der Waals surface area contributed by atoms with Crippen molar-refractivity contribution in [3.63, 3.8) is 0 Å². The first-order valence-corrected chi connectivity index (χ1v) is 30.6. The van der Waals surface area contributed by atoms with Crippen molar-refractivity contribution in [1.29, 1.82) is 0 Å². The van der Waals surface area contributed by atoms with Crippen molar-refractivity contribution >= 4 is 140 Å². The first-order chi connectivity index (χ1) is 34.8. The van der Waals surface area contributed by atoms with E-state index in [1.165, 1.54) is 0 Å². The molecule has 0 aromatic heterocycles. The van der Waals surface area contributed by atoms with Crippen molar-refractivity contribution in [3.05, 3.63) is 60.7 Å².